The first-order valence-electron chi connectivity index (χ1n) is 6.02. The van der Waals surface area contributed by atoms with Crippen molar-refractivity contribution < 1.29 is 27.5 Å². The lowest BCUT2D eigenvalue weighted by molar-refractivity contribution is -0.134. The van der Waals surface area contributed by atoms with Gasteiger partial charge in [-0.25, -0.2) is 4.79 Å². The molecule has 0 aliphatic rings. The van der Waals surface area contributed by atoms with E-state index in [1.54, 1.807) is 20.8 Å². The summed E-state index contributed by atoms with van der Waals surface area (Å²) in [5, 5.41) is 2.29. The van der Waals surface area contributed by atoms with E-state index in [4.69, 9.17) is 4.74 Å². The maximum Gasteiger partial charge on any atom is 0.425 e. The molecule has 0 saturated carbocycles. The first kappa shape index (κ1) is 17.5. The van der Waals surface area contributed by atoms with Gasteiger partial charge < -0.3 is 14.8 Å². The number of thiophene rings is 1. The van der Waals surface area contributed by atoms with Crippen molar-refractivity contribution in [2.75, 3.05) is 0 Å². The fourth-order valence-electron chi connectivity index (χ4n) is 1.43. The largest absolute Gasteiger partial charge is 0.444 e. The first-order chi connectivity index (χ1) is 9.37. The number of aldehydes is 1. The van der Waals surface area contributed by atoms with E-state index in [-0.39, 0.29) is 4.88 Å². The molecule has 0 aliphatic carbocycles. The molecule has 0 aliphatic heterocycles. The van der Waals surface area contributed by atoms with E-state index >= 15 is 0 Å². The summed E-state index contributed by atoms with van der Waals surface area (Å²) >= 11 is 0.405. The average molecular weight is 323 g/mol. The summed E-state index contributed by atoms with van der Waals surface area (Å²) < 4.78 is 42.8. The molecule has 1 atom stereocenters. The standard InChI is InChI=1S/C13H16F3NO3S/c1-11(2,3)20-10(19)17-12(4,7-18)8-5-6-9(21-8)13(14,15)16/h5-7H,1-4H3,(H,17,19). The van der Waals surface area contributed by atoms with Gasteiger partial charge in [-0.3, -0.25) is 0 Å². The predicted octanol–water partition coefficient (Wildman–Crippen LogP) is 3.71. The summed E-state index contributed by atoms with van der Waals surface area (Å²) in [6.07, 6.45) is -4.99. The van der Waals surface area contributed by atoms with E-state index in [1.165, 1.54) is 13.0 Å². The van der Waals surface area contributed by atoms with Gasteiger partial charge in [-0.2, -0.15) is 13.2 Å². The van der Waals surface area contributed by atoms with Crippen molar-refractivity contribution in [1.29, 1.82) is 0 Å². The highest BCUT2D eigenvalue weighted by molar-refractivity contribution is 7.12. The smallest absolute Gasteiger partial charge is 0.425 e. The van der Waals surface area contributed by atoms with Crippen LogP contribution >= 0.6 is 11.3 Å². The van der Waals surface area contributed by atoms with Crippen LogP contribution in [0, 0.1) is 0 Å². The Morgan fingerprint density at radius 2 is 1.71 bits per heavy atom. The Hall–Kier alpha value is -1.57. The summed E-state index contributed by atoms with van der Waals surface area (Å²) in [4.78, 5) is 22.2. The minimum Gasteiger partial charge on any atom is -0.444 e. The number of alkyl carbamates (subject to hydrolysis) is 1. The summed E-state index contributed by atoms with van der Waals surface area (Å²) in [6.45, 7) is 6.23. The fourth-order valence-corrected chi connectivity index (χ4v) is 2.37. The quantitative estimate of drug-likeness (QED) is 0.863. The number of rotatable bonds is 3. The maximum absolute atomic E-state index is 12.6. The number of nitrogens with one attached hydrogen (secondary N) is 1. The van der Waals surface area contributed by atoms with Crippen LogP contribution in [0.1, 0.15) is 37.4 Å². The zero-order valence-corrected chi connectivity index (χ0v) is 12.8. The summed E-state index contributed by atoms with van der Waals surface area (Å²) in [6, 6.07) is 2.04. The van der Waals surface area contributed by atoms with E-state index < -0.39 is 28.3 Å². The number of amides is 1. The monoisotopic (exact) mass is 323 g/mol. The van der Waals surface area contributed by atoms with Gasteiger partial charge >= 0.3 is 12.3 Å². The van der Waals surface area contributed by atoms with Gasteiger partial charge in [-0.15, -0.1) is 11.3 Å². The van der Waals surface area contributed by atoms with E-state index in [0.29, 0.717) is 17.6 Å². The van der Waals surface area contributed by atoms with Crippen LogP contribution in [0.15, 0.2) is 12.1 Å². The Labute approximate surface area is 124 Å². The second-order valence-corrected chi connectivity index (χ2v) is 6.69. The number of ether oxygens (including phenoxy) is 1. The van der Waals surface area contributed by atoms with E-state index in [2.05, 4.69) is 5.32 Å². The molecule has 118 valence electrons. The molecule has 4 nitrogen and oxygen atoms in total. The molecule has 0 fully saturated rings. The summed E-state index contributed by atoms with van der Waals surface area (Å²) in [5.41, 5.74) is -2.35. The van der Waals surface area contributed by atoms with Gasteiger partial charge in [0.25, 0.3) is 0 Å². The highest BCUT2D eigenvalue weighted by Gasteiger charge is 2.37. The Balaban J connectivity index is 2.97. The number of carbonyl (C=O) groups excluding carboxylic acids is 2. The molecule has 1 N–H and O–H groups in total. The molecule has 0 saturated heterocycles. The van der Waals surface area contributed by atoms with Crippen LogP contribution in [0.4, 0.5) is 18.0 Å². The van der Waals surface area contributed by atoms with E-state index in [9.17, 15) is 22.8 Å². The lowest BCUT2D eigenvalue weighted by Gasteiger charge is -2.26. The van der Waals surface area contributed by atoms with Crippen LogP contribution in [-0.2, 0) is 21.2 Å². The SMILES string of the molecule is CC(C)(C)OC(=O)NC(C)(C=O)c1ccc(C(F)(F)F)s1. The second-order valence-electron chi connectivity index (χ2n) is 5.61. The number of carbonyl (C=O) groups is 2. The van der Waals surface area contributed by atoms with Crippen LogP contribution in [0.5, 0.6) is 0 Å². The van der Waals surface area contributed by atoms with Crippen molar-refractivity contribution >= 4 is 23.7 Å². The van der Waals surface area contributed by atoms with Gasteiger partial charge in [0, 0.05) is 4.88 Å². The number of halogens is 3. The molecule has 21 heavy (non-hydrogen) atoms. The van der Waals surface area contributed by atoms with Crippen molar-refractivity contribution in [2.45, 2.75) is 45.0 Å². The molecule has 1 rings (SSSR count). The fraction of sp³-hybridized carbons (Fsp3) is 0.538. The zero-order chi connectivity index (χ0) is 16.5. The van der Waals surface area contributed by atoms with Gasteiger partial charge in [0.15, 0.2) is 6.29 Å². The molecular weight excluding hydrogens is 307 g/mol. The van der Waals surface area contributed by atoms with Gasteiger partial charge in [0.2, 0.25) is 0 Å². The molecule has 1 heterocycles. The Morgan fingerprint density at radius 3 is 2.10 bits per heavy atom. The van der Waals surface area contributed by atoms with Crippen molar-refractivity contribution in [3.05, 3.63) is 21.9 Å². The third kappa shape index (κ3) is 4.73. The molecule has 0 bridgehead atoms. The lowest BCUT2D eigenvalue weighted by atomic mass is 10.0. The topological polar surface area (TPSA) is 55.4 Å². The van der Waals surface area contributed by atoms with Crippen LogP contribution in [0.3, 0.4) is 0 Å². The third-order valence-corrected chi connectivity index (χ3v) is 3.76. The molecule has 0 aromatic carbocycles. The van der Waals surface area contributed by atoms with Crippen molar-refractivity contribution in [3.63, 3.8) is 0 Å². The second kappa shape index (κ2) is 5.67. The van der Waals surface area contributed by atoms with Crippen LogP contribution in [0.2, 0.25) is 0 Å². The van der Waals surface area contributed by atoms with Gasteiger partial charge in [0.05, 0.1) is 0 Å². The van der Waals surface area contributed by atoms with Crippen LogP contribution in [-0.4, -0.2) is 18.0 Å². The molecule has 1 amide bonds. The molecule has 0 radical (unpaired) electrons. The Bertz CT molecular complexity index is 533. The molecule has 1 aromatic rings. The van der Waals surface area contributed by atoms with E-state index in [1.807, 2.05) is 0 Å². The van der Waals surface area contributed by atoms with Crippen molar-refractivity contribution in [3.8, 4) is 0 Å². The first-order valence-corrected chi connectivity index (χ1v) is 6.84. The molecule has 0 spiro atoms. The highest BCUT2D eigenvalue weighted by Crippen LogP contribution is 2.37. The van der Waals surface area contributed by atoms with Crippen molar-refractivity contribution in [2.24, 2.45) is 0 Å². The normalized spacial score (nSPS) is 15.2. The summed E-state index contributed by atoms with van der Waals surface area (Å²) in [7, 11) is 0. The number of alkyl halides is 3. The predicted molar refractivity (Wildman–Crippen MR) is 72.1 cm³/mol. The van der Waals surface area contributed by atoms with E-state index in [0.717, 1.165) is 6.07 Å². The minimum absolute atomic E-state index is 0.0793. The zero-order valence-electron chi connectivity index (χ0n) is 12.0. The Kier molecular flexibility index (Phi) is 4.72. The van der Waals surface area contributed by atoms with Gasteiger partial charge in [-0.05, 0) is 39.8 Å². The maximum atomic E-state index is 12.6. The number of hydrogen-bond acceptors (Lipinski definition) is 4. The van der Waals surface area contributed by atoms with Gasteiger partial charge in [-0.1, -0.05) is 0 Å². The molecule has 1 unspecified atom stereocenters. The number of hydrogen-bond donors (Lipinski definition) is 1. The Morgan fingerprint density at radius 1 is 1.19 bits per heavy atom. The van der Waals surface area contributed by atoms with Gasteiger partial charge in [0.1, 0.15) is 16.0 Å². The van der Waals surface area contributed by atoms with Crippen LogP contribution < -0.4 is 5.32 Å². The molecule has 1 aromatic heterocycles. The molecular formula is C13H16F3NO3S. The summed E-state index contributed by atoms with van der Waals surface area (Å²) in [5.74, 6) is 0. The third-order valence-electron chi connectivity index (χ3n) is 2.39. The minimum atomic E-state index is -4.49. The van der Waals surface area contributed by atoms with Crippen LogP contribution in [0.25, 0.3) is 0 Å². The van der Waals surface area contributed by atoms with Crippen molar-refractivity contribution in [1.82, 2.24) is 5.32 Å². The highest BCUT2D eigenvalue weighted by atomic mass is 32.1. The average Bonchev–Trinajstić information content (AvgIpc) is 2.75. The lowest BCUT2D eigenvalue weighted by Crippen LogP contribution is -2.46. The molecule has 8 heteroatoms.